The number of thioether (sulfide) groups is 1. The van der Waals surface area contributed by atoms with E-state index >= 15 is 0 Å². The Morgan fingerprint density at radius 2 is 2.47 bits per heavy atom. The van der Waals surface area contributed by atoms with Gasteiger partial charge in [0.15, 0.2) is 0 Å². The zero-order valence-corrected chi connectivity index (χ0v) is 9.88. The van der Waals surface area contributed by atoms with Crippen LogP contribution >= 0.6 is 11.8 Å². The van der Waals surface area contributed by atoms with Crippen LogP contribution in [0.3, 0.4) is 0 Å². The maximum Gasteiger partial charge on any atom is 0.123 e. The van der Waals surface area contributed by atoms with E-state index in [4.69, 9.17) is 4.74 Å². The summed E-state index contributed by atoms with van der Waals surface area (Å²) >= 11 is 1.65. The summed E-state index contributed by atoms with van der Waals surface area (Å²) in [6.07, 6.45) is 7.49. The minimum absolute atomic E-state index is 0.670. The largest absolute Gasteiger partial charge is 0.494 e. The second-order valence-corrected chi connectivity index (χ2v) is 3.63. The van der Waals surface area contributed by atoms with Crippen molar-refractivity contribution in [3.8, 4) is 5.75 Å². The molecule has 1 aromatic heterocycles. The molecular weight excluding hydrogens is 206 g/mol. The van der Waals surface area contributed by atoms with E-state index in [0.717, 1.165) is 16.3 Å². The Bertz CT molecular complexity index is 360. The number of aromatic nitrogens is 1. The zero-order valence-electron chi connectivity index (χ0n) is 9.06. The number of allylic oxidation sites excluding steroid dienone is 2. The SMILES string of the molecule is C=C/C=C(\SC)c1cc(OCC)ccn1. The van der Waals surface area contributed by atoms with E-state index in [2.05, 4.69) is 11.6 Å². The molecule has 0 saturated heterocycles. The quantitative estimate of drug-likeness (QED) is 0.712. The molecule has 1 aromatic rings. The third kappa shape index (κ3) is 3.44. The first-order chi connectivity index (χ1) is 7.31. The third-order valence-corrected chi connectivity index (χ3v) is 2.57. The van der Waals surface area contributed by atoms with E-state index < -0.39 is 0 Å². The van der Waals surface area contributed by atoms with Crippen LogP contribution < -0.4 is 4.74 Å². The fourth-order valence-corrected chi connectivity index (χ4v) is 1.72. The first-order valence-electron chi connectivity index (χ1n) is 4.77. The van der Waals surface area contributed by atoms with Crippen LogP contribution in [-0.4, -0.2) is 17.8 Å². The molecule has 0 atom stereocenters. The van der Waals surface area contributed by atoms with E-state index in [1.165, 1.54) is 0 Å². The summed E-state index contributed by atoms with van der Waals surface area (Å²) in [5.41, 5.74) is 0.924. The highest BCUT2D eigenvalue weighted by Gasteiger charge is 2.02. The topological polar surface area (TPSA) is 22.1 Å². The van der Waals surface area contributed by atoms with E-state index in [1.54, 1.807) is 24.0 Å². The molecule has 2 nitrogen and oxygen atoms in total. The minimum Gasteiger partial charge on any atom is -0.494 e. The van der Waals surface area contributed by atoms with Gasteiger partial charge in [0, 0.05) is 17.2 Å². The van der Waals surface area contributed by atoms with E-state index in [9.17, 15) is 0 Å². The summed E-state index contributed by atoms with van der Waals surface area (Å²) in [6, 6.07) is 3.80. The summed E-state index contributed by atoms with van der Waals surface area (Å²) in [6.45, 7) is 6.32. The molecule has 1 heterocycles. The molecule has 15 heavy (non-hydrogen) atoms. The molecule has 80 valence electrons. The van der Waals surface area contributed by atoms with Crippen molar-refractivity contribution >= 4 is 16.7 Å². The smallest absolute Gasteiger partial charge is 0.123 e. The Morgan fingerprint density at radius 3 is 3.07 bits per heavy atom. The lowest BCUT2D eigenvalue weighted by Crippen LogP contribution is -1.93. The molecule has 0 aliphatic rings. The highest BCUT2D eigenvalue weighted by Crippen LogP contribution is 2.25. The van der Waals surface area contributed by atoms with Crippen molar-refractivity contribution in [3.05, 3.63) is 42.8 Å². The minimum atomic E-state index is 0.670. The highest BCUT2D eigenvalue weighted by atomic mass is 32.2. The summed E-state index contributed by atoms with van der Waals surface area (Å²) in [5.74, 6) is 0.853. The van der Waals surface area contributed by atoms with Gasteiger partial charge in [0.25, 0.3) is 0 Å². The summed E-state index contributed by atoms with van der Waals surface area (Å²) in [5, 5.41) is 0. The molecule has 0 fully saturated rings. The van der Waals surface area contributed by atoms with Gasteiger partial charge in [-0.3, -0.25) is 4.98 Å². The molecule has 0 saturated carbocycles. The molecule has 0 aromatic carbocycles. The van der Waals surface area contributed by atoms with Gasteiger partial charge in [-0.25, -0.2) is 0 Å². The average molecular weight is 221 g/mol. The van der Waals surface area contributed by atoms with Gasteiger partial charge < -0.3 is 4.74 Å². The van der Waals surface area contributed by atoms with Gasteiger partial charge in [-0.15, -0.1) is 11.8 Å². The fourth-order valence-electron chi connectivity index (χ4n) is 1.17. The van der Waals surface area contributed by atoms with Crippen molar-refractivity contribution in [2.75, 3.05) is 12.9 Å². The molecule has 1 rings (SSSR count). The molecule has 0 aliphatic carbocycles. The number of hydrogen-bond acceptors (Lipinski definition) is 3. The molecule has 0 spiro atoms. The van der Waals surface area contributed by atoms with Crippen LogP contribution in [0.25, 0.3) is 4.91 Å². The number of hydrogen-bond donors (Lipinski definition) is 0. The molecule has 0 aliphatic heterocycles. The molecule has 0 bridgehead atoms. The Kier molecular flexibility index (Phi) is 4.98. The molecule has 3 heteroatoms. The van der Waals surface area contributed by atoms with Crippen LogP contribution in [0.15, 0.2) is 37.1 Å². The Labute approximate surface area is 95.1 Å². The van der Waals surface area contributed by atoms with Gasteiger partial charge in [0.2, 0.25) is 0 Å². The fraction of sp³-hybridized carbons (Fsp3) is 0.250. The van der Waals surface area contributed by atoms with E-state index in [1.807, 2.05) is 31.4 Å². The average Bonchev–Trinajstić information content (AvgIpc) is 2.27. The van der Waals surface area contributed by atoms with Crippen LogP contribution in [0.1, 0.15) is 12.6 Å². The highest BCUT2D eigenvalue weighted by molar-refractivity contribution is 8.07. The lowest BCUT2D eigenvalue weighted by molar-refractivity contribution is 0.340. The monoisotopic (exact) mass is 221 g/mol. The summed E-state index contributed by atoms with van der Waals surface area (Å²) < 4.78 is 5.42. The third-order valence-electron chi connectivity index (χ3n) is 1.78. The molecule has 0 radical (unpaired) electrons. The molecule has 0 amide bonds. The summed E-state index contributed by atoms with van der Waals surface area (Å²) in [7, 11) is 0. The number of ether oxygens (including phenoxy) is 1. The van der Waals surface area contributed by atoms with Crippen molar-refractivity contribution in [1.82, 2.24) is 4.98 Å². The van der Waals surface area contributed by atoms with Crippen LogP contribution in [0.4, 0.5) is 0 Å². The van der Waals surface area contributed by atoms with Crippen LogP contribution in [0.2, 0.25) is 0 Å². The Balaban J connectivity index is 2.97. The second-order valence-electron chi connectivity index (χ2n) is 2.78. The van der Waals surface area contributed by atoms with Gasteiger partial charge in [0.1, 0.15) is 5.75 Å². The van der Waals surface area contributed by atoms with Gasteiger partial charge in [-0.05, 0) is 25.3 Å². The first-order valence-corrected chi connectivity index (χ1v) is 6.00. The van der Waals surface area contributed by atoms with Gasteiger partial charge in [-0.2, -0.15) is 0 Å². The van der Waals surface area contributed by atoms with Crippen molar-refractivity contribution in [1.29, 1.82) is 0 Å². The predicted octanol–water partition coefficient (Wildman–Crippen LogP) is 3.37. The number of rotatable bonds is 5. The Hall–Kier alpha value is -1.22. The van der Waals surface area contributed by atoms with E-state index in [-0.39, 0.29) is 0 Å². The van der Waals surface area contributed by atoms with Crippen LogP contribution in [0.5, 0.6) is 5.75 Å². The number of pyridine rings is 1. The molecule has 0 N–H and O–H groups in total. The predicted molar refractivity (Wildman–Crippen MR) is 67.1 cm³/mol. The zero-order chi connectivity index (χ0) is 11.1. The molecule has 0 unspecified atom stereocenters. The normalized spacial score (nSPS) is 11.2. The van der Waals surface area contributed by atoms with Crippen LogP contribution in [-0.2, 0) is 0 Å². The lowest BCUT2D eigenvalue weighted by Gasteiger charge is -2.06. The van der Waals surface area contributed by atoms with Crippen LogP contribution in [0, 0.1) is 0 Å². The summed E-state index contributed by atoms with van der Waals surface area (Å²) in [4.78, 5) is 5.38. The van der Waals surface area contributed by atoms with Crippen molar-refractivity contribution in [3.63, 3.8) is 0 Å². The van der Waals surface area contributed by atoms with Gasteiger partial charge in [0.05, 0.1) is 12.3 Å². The second kappa shape index (κ2) is 6.30. The molecular formula is C12H15NOS. The van der Waals surface area contributed by atoms with E-state index in [0.29, 0.717) is 6.61 Å². The van der Waals surface area contributed by atoms with Gasteiger partial charge >= 0.3 is 0 Å². The van der Waals surface area contributed by atoms with Crippen molar-refractivity contribution in [2.24, 2.45) is 0 Å². The Morgan fingerprint density at radius 1 is 1.67 bits per heavy atom. The standard InChI is InChI=1S/C12H15NOS/c1-4-6-12(15-3)11-9-10(14-5-2)7-8-13-11/h4,6-9H,1,5H2,2-3H3/b12-6-. The maximum atomic E-state index is 5.42. The van der Waals surface area contributed by atoms with Crippen molar-refractivity contribution in [2.45, 2.75) is 6.92 Å². The number of nitrogens with zero attached hydrogens (tertiary/aromatic N) is 1. The first kappa shape index (κ1) is 11.9. The van der Waals surface area contributed by atoms with Gasteiger partial charge in [-0.1, -0.05) is 12.7 Å². The van der Waals surface area contributed by atoms with Crippen molar-refractivity contribution < 1.29 is 4.74 Å². The maximum absolute atomic E-state index is 5.42. The lowest BCUT2D eigenvalue weighted by atomic mass is 10.3.